The van der Waals surface area contributed by atoms with Crippen molar-refractivity contribution in [3.05, 3.63) is 40.1 Å². The molecule has 0 fully saturated rings. The number of nitrogens with zero attached hydrogens (tertiary/aromatic N) is 3. The van der Waals surface area contributed by atoms with Gasteiger partial charge in [0.15, 0.2) is 0 Å². The number of carbonyl (C=O) groups excluding carboxylic acids is 1. The number of carbonyl (C=O) groups is 1. The first kappa shape index (κ1) is 21.3. The molecule has 3 rings (SSSR count). The van der Waals surface area contributed by atoms with Crippen LogP contribution in [-0.2, 0) is 10.8 Å². The molecule has 3 aromatic rings. The molecule has 8 nitrogen and oxygen atoms in total. The molecule has 0 saturated carbocycles. The number of methoxy groups -OCH3 is 2. The summed E-state index contributed by atoms with van der Waals surface area (Å²) in [5.74, 6) is 0.100. The summed E-state index contributed by atoms with van der Waals surface area (Å²) in [5, 5.41) is 11.0. The van der Waals surface area contributed by atoms with Crippen LogP contribution >= 0.6 is 27.3 Å². The number of anilines is 1. The van der Waals surface area contributed by atoms with Crippen molar-refractivity contribution in [3.63, 3.8) is 0 Å². The van der Waals surface area contributed by atoms with Crippen LogP contribution in [-0.4, -0.2) is 45.8 Å². The zero-order chi connectivity index (χ0) is 21.1. The number of pyridine rings is 1. The van der Waals surface area contributed by atoms with Gasteiger partial charge >= 0.3 is 0 Å². The molecule has 2 aromatic heterocycles. The van der Waals surface area contributed by atoms with Crippen LogP contribution in [0.1, 0.15) is 16.1 Å². The van der Waals surface area contributed by atoms with Crippen LogP contribution in [0.4, 0.5) is 5.13 Å². The lowest BCUT2D eigenvalue weighted by molar-refractivity contribution is 0.102. The van der Waals surface area contributed by atoms with Gasteiger partial charge in [0.1, 0.15) is 5.75 Å². The molecule has 1 atom stereocenters. The predicted molar refractivity (Wildman–Crippen MR) is 115 cm³/mol. The Morgan fingerprint density at radius 3 is 2.55 bits per heavy atom. The summed E-state index contributed by atoms with van der Waals surface area (Å²) < 4.78 is 23.1. The van der Waals surface area contributed by atoms with Gasteiger partial charge in [-0.05, 0) is 52.4 Å². The number of benzene rings is 1. The van der Waals surface area contributed by atoms with Crippen molar-refractivity contribution in [1.29, 1.82) is 0 Å². The van der Waals surface area contributed by atoms with Crippen molar-refractivity contribution in [1.82, 2.24) is 15.2 Å². The SMILES string of the molecule is COc1nnc(NC(=O)c2cnc(C)cc2-c2cc(Br)c([S@@](C)=O)cc2OC)s1. The Bertz CT molecular complexity index is 1100. The first-order valence-corrected chi connectivity index (χ1v) is 11.4. The minimum Gasteiger partial charge on any atom is -0.496 e. The van der Waals surface area contributed by atoms with Crippen LogP contribution in [0.2, 0.25) is 0 Å². The lowest BCUT2D eigenvalue weighted by atomic mass is 9.99. The molecule has 2 heterocycles. The van der Waals surface area contributed by atoms with Crippen molar-refractivity contribution in [2.24, 2.45) is 0 Å². The summed E-state index contributed by atoms with van der Waals surface area (Å²) in [6.45, 7) is 1.83. The predicted octanol–water partition coefficient (Wildman–Crippen LogP) is 3.68. The summed E-state index contributed by atoms with van der Waals surface area (Å²) in [4.78, 5) is 17.8. The molecule has 1 N–H and O–H groups in total. The van der Waals surface area contributed by atoms with Crippen molar-refractivity contribution >= 4 is 49.1 Å². The summed E-state index contributed by atoms with van der Waals surface area (Å²) in [7, 11) is 1.80. The first-order chi connectivity index (χ1) is 13.8. The van der Waals surface area contributed by atoms with E-state index in [1.165, 1.54) is 20.4 Å². The van der Waals surface area contributed by atoms with Gasteiger partial charge in [-0.25, -0.2) is 0 Å². The molecule has 0 spiro atoms. The third-order valence-electron chi connectivity index (χ3n) is 3.94. The molecule has 0 unspecified atom stereocenters. The quantitative estimate of drug-likeness (QED) is 0.554. The van der Waals surface area contributed by atoms with Gasteiger partial charge in [0.25, 0.3) is 11.1 Å². The van der Waals surface area contributed by atoms with Gasteiger partial charge in [0.2, 0.25) is 5.13 Å². The van der Waals surface area contributed by atoms with Gasteiger partial charge in [-0.3, -0.25) is 19.3 Å². The van der Waals surface area contributed by atoms with E-state index in [9.17, 15) is 9.00 Å². The Kier molecular flexibility index (Phi) is 6.60. The van der Waals surface area contributed by atoms with Gasteiger partial charge in [-0.15, -0.1) is 5.10 Å². The molecule has 1 aromatic carbocycles. The Hall–Kier alpha value is -2.37. The second kappa shape index (κ2) is 8.97. The molecule has 0 aliphatic carbocycles. The largest absolute Gasteiger partial charge is 0.496 e. The number of hydrogen-bond donors (Lipinski definition) is 1. The summed E-state index contributed by atoms with van der Waals surface area (Å²) in [6, 6.07) is 5.28. The minimum atomic E-state index is -1.21. The number of rotatable bonds is 6. The van der Waals surface area contributed by atoms with Crippen LogP contribution in [0.25, 0.3) is 11.1 Å². The molecule has 11 heteroatoms. The van der Waals surface area contributed by atoms with Gasteiger partial charge in [-0.2, -0.15) is 0 Å². The fourth-order valence-corrected chi connectivity index (χ4v) is 4.79. The van der Waals surface area contributed by atoms with E-state index in [0.29, 0.717) is 42.1 Å². The van der Waals surface area contributed by atoms with Crippen LogP contribution in [0.3, 0.4) is 0 Å². The lowest BCUT2D eigenvalue weighted by Gasteiger charge is -2.15. The fourth-order valence-electron chi connectivity index (χ4n) is 2.61. The van der Waals surface area contributed by atoms with Crippen LogP contribution in [0.15, 0.2) is 33.8 Å². The zero-order valence-electron chi connectivity index (χ0n) is 16.0. The van der Waals surface area contributed by atoms with Crippen LogP contribution < -0.4 is 14.8 Å². The topological polar surface area (TPSA) is 103 Å². The van der Waals surface area contributed by atoms with Crippen molar-refractivity contribution in [2.45, 2.75) is 11.8 Å². The summed E-state index contributed by atoms with van der Waals surface area (Å²) >= 11 is 4.57. The molecule has 29 heavy (non-hydrogen) atoms. The van der Waals surface area contributed by atoms with E-state index in [-0.39, 0.29) is 0 Å². The highest BCUT2D eigenvalue weighted by atomic mass is 79.9. The standard InChI is InChI=1S/C18H17BrN4O4S2/c1-9-5-10(11-6-13(19)15(29(4)25)7-14(11)26-2)12(8-20-9)16(24)21-17-22-23-18(27-3)28-17/h5-8H,1-4H3,(H,21,22,24)/t29-/m1/s1. The van der Waals surface area contributed by atoms with E-state index in [1.54, 1.807) is 24.5 Å². The number of aromatic nitrogens is 3. The maximum atomic E-state index is 12.9. The molecule has 1 amide bonds. The normalized spacial score (nSPS) is 11.8. The first-order valence-electron chi connectivity index (χ1n) is 8.20. The Morgan fingerprint density at radius 2 is 1.93 bits per heavy atom. The van der Waals surface area contributed by atoms with Gasteiger partial charge in [0, 0.05) is 33.7 Å². The maximum Gasteiger partial charge on any atom is 0.295 e. The average Bonchev–Trinajstić information content (AvgIpc) is 3.14. The smallest absolute Gasteiger partial charge is 0.295 e. The number of hydrogen-bond acceptors (Lipinski definition) is 8. The van der Waals surface area contributed by atoms with Gasteiger partial charge < -0.3 is 9.47 Å². The van der Waals surface area contributed by atoms with E-state index < -0.39 is 16.7 Å². The molecule has 0 radical (unpaired) electrons. The van der Waals surface area contributed by atoms with Crippen molar-refractivity contribution in [3.8, 4) is 22.1 Å². The third-order valence-corrected chi connectivity index (χ3v) is 6.62. The average molecular weight is 497 g/mol. The van der Waals surface area contributed by atoms with E-state index in [4.69, 9.17) is 9.47 Å². The highest BCUT2D eigenvalue weighted by Crippen LogP contribution is 2.38. The third kappa shape index (κ3) is 4.62. The number of halogens is 1. The van der Waals surface area contributed by atoms with E-state index in [0.717, 1.165) is 17.0 Å². The minimum absolute atomic E-state index is 0.309. The van der Waals surface area contributed by atoms with Crippen LogP contribution in [0.5, 0.6) is 10.9 Å². The maximum absolute atomic E-state index is 12.9. The highest BCUT2D eigenvalue weighted by molar-refractivity contribution is 9.10. The zero-order valence-corrected chi connectivity index (χ0v) is 19.2. The highest BCUT2D eigenvalue weighted by Gasteiger charge is 2.20. The van der Waals surface area contributed by atoms with E-state index in [1.807, 2.05) is 6.92 Å². The molecule has 0 saturated heterocycles. The number of ether oxygens (including phenoxy) is 2. The molecule has 0 bridgehead atoms. The molecule has 0 aliphatic rings. The fraction of sp³-hybridized carbons (Fsp3) is 0.222. The van der Waals surface area contributed by atoms with Gasteiger partial charge in [-0.1, -0.05) is 5.10 Å². The Balaban J connectivity index is 2.08. The number of amides is 1. The monoisotopic (exact) mass is 496 g/mol. The summed E-state index contributed by atoms with van der Waals surface area (Å²) in [5.41, 5.74) is 2.35. The van der Waals surface area contributed by atoms with Crippen molar-refractivity contribution < 1.29 is 18.5 Å². The van der Waals surface area contributed by atoms with E-state index >= 15 is 0 Å². The number of nitrogens with one attached hydrogen (secondary N) is 1. The second-order valence-electron chi connectivity index (χ2n) is 5.84. The lowest BCUT2D eigenvalue weighted by Crippen LogP contribution is -2.14. The van der Waals surface area contributed by atoms with Crippen LogP contribution in [0, 0.1) is 6.92 Å². The Labute approximate surface area is 182 Å². The molecular weight excluding hydrogens is 480 g/mol. The number of aryl methyl sites for hydroxylation is 1. The molecule has 0 aliphatic heterocycles. The molecule has 152 valence electrons. The Morgan fingerprint density at radius 1 is 1.17 bits per heavy atom. The van der Waals surface area contributed by atoms with Crippen molar-refractivity contribution in [2.75, 3.05) is 25.8 Å². The van der Waals surface area contributed by atoms with Gasteiger partial charge in [0.05, 0.1) is 35.5 Å². The summed E-state index contributed by atoms with van der Waals surface area (Å²) in [6.07, 6.45) is 3.09. The second-order valence-corrected chi connectivity index (χ2v) is 8.98. The molecular formula is C18H17BrN4O4S2. The van der Waals surface area contributed by atoms with E-state index in [2.05, 4.69) is 36.4 Å².